The van der Waals surface area contributed by atoms with Gasteiger partial charge in [-0.25, -0.2) is 4.98 Å². The van der Waals surface area contributed by atoms with Crippen LogP contribution in [0.3, 0.4) is 0 Å². The number of nitrogen functional groups attached to an aromatic ring is 1. The molecule has 0 aliphatic heterocycles. The van der Waals surface area contributed by atoms with E-state index in [2.05, 4.69) is 25.9 Å². The van der Waals surface area contributed by atoms with Gasteiger partial charge < -0.3 is 5.73 Å². The van der Waals surface area contributed by atoms with E-state index in [0.717, 1.165) is 0 Å². The topological polar surface area (TPSA) is 51.8 Å². The summed E-state index contributed by atoms with van der Waals surface area (Å²) in [5.41, 5.74) is 6.06. The number of halogens is 1. The van der Waals surface area contributed by atoms with Crippen molar-refractivity contribution in [1.29, 1.82) is 0 Å². The number of nitrogens with two attached hydrogens (primary N) is 1. The second kappa shape index (κ2) is 2.77. The van der Waals surface area contributed by atoms with E-state index in [9.17, 15) is 0 Å². The highest BCUT2D eigenvalue weighted by Gasteiger charge is 1.95. The Hall–Kier alpha value is -0.640. The van der Waals surface area contributed by atoms with Crippen molar-refractivity contribution in [3.05, 3.63) is 23.4 Å². The minimum atomic E-state index is 0.439. The molecule has 0 saturated carbocycles. The van der Waals surface area contributed by atoms with Crippen molar-refractivity contribution < 1.29 is 0 Å². The number of hydrogen-bond donors (Lipinski definition) is 1. The molecule has 2 N–H and O–H groups in total. The maximum absolute atomic E-state index is 5.40. The molecule has 1 aromatic rings. The first kappa shape index (κ1) is 6.48. The summed E-state index contributed by atoms with van der Waals surface area (Å²) in [5, 5.41) is 1.63. The lowest BCUT2D eigenvalue weighted by Crippen LogP contribution is -1.95. The standard InChI is InChI=1S/C5H5BrN3/c6-3-4-5(7)9-2-1-8-4/h1-3H,(H2,7,9). The normalized spacial score (nSPS) is 9.44. The highest BCUT2D eigenvalue weighted by atomic mass is 79.9. The molecule has 0 bridgehead atoms. The molecule has 0 amide bonds. The van der Waals surface area contributed by atoms with Crippen LogP contribution in [0.1, 0.15) is 5.69 Å². The van der Waals surface area contributed by atoms with Crippen LogP contribution in [0.5, 0.6) is 0 Å². The number of hydrogen-bond acceptors (Lipinski definition) is 3. The predicted molar refractivity (Wildman–Crippen MR) is 38.8 cm³/mol. The molecule has 0 aliphatic carbocycles. The summed E-state index contributed by atoms with van der Waals surface area (Å²) in [6.45, 7) is 0. The quantitative estimate of drug-likeness (QED) is 0.712. The van der Waals surface area contributed by atoms with Gasteiger partial charge in [0.25, 0.3) is 0 Å². The molecule has 1 aromatic heterocycles. The first-order valence-electron chi connectivity index (χ1n) is 2.34. The fraction of sp³-hybridized carbons (Fsp3) is 0. The second-order valence-corrected chi connectivity index (χ2v) is 1.89. The molecular weight excluding hydrogens is 182 g/mol. The van der Waals surface area contributed by atoms with Crippen LogP contribution >= 0.6 is 15.9 Å². The molecule has 1 rings (SSSR count). The highest BCUT2D eigenvalue weighted by Crippen LogP contribution is 2.08. The van der Waals surface area contributed by atoms with Gasteiger partial charge >= 0.3 is 0 Å². The molecule has 47 valence electrons. The van der Waals surface area contributed by atoms with E-state index in [1.807, 2.05) is 0 Å². The summed E-state index contributed by atoms with van der Waals surface area (Å²) in [7, 11) is 0. The van der Waals surface area contributed by atoms with Gasteiger partial charge in [0.2, 0.25) is 0 Å². The molecule has 1 heterocycles. The van der Waals surface area contributed by atoms with Crippen molar-refractivity contribution in [2.45, 2.75) is 0 Å². The third kappa shape index (κ3) is 1.38. The summed E-state index contributed by atoms with van der Waals surface area (Å²) < 4.78 is 0. The maximum Gasteiger partial charge on any atom is 0.146 e. The number of anilines is 1. The Morgan fingerprint density at radius 3 is 2.56 bits per heavy atom. The van der Waals surface area contributed by atoms with E-state index < -0.39 is 0 Å². The van der Waals surface area contributed by atoms with Crippen molar-refractivity contribution in [3.8, 4) is 0 Å². The van der Waals surface area contributed by atoms with Crippen molar-refractivity contribution in [2.75, 3.05) is 5.73 Å². The van der Waals surface area contributed by atoms with Crippen LogP contribution < -0.4 is 5.73 Å². The molecule has 9 heavy (non-hydrogen) atoms. The summed E-state index contributed by atoms with van der Waals surface area (Å²) in [6, 6.07) is 0. The molecule has 0 spiro atoms. The molecule has 0 aromatic carbocycles. The predicted octanol–water partition coefficient (Wildman–Crippen LogP) is 0.964. The smallest absolute Gasteiger partial charge is 0.146 e. The molecular formula is C5H5BrN3. The van der Waals surface area contributed by atoms with Gasteiger partial charge in [0.1, 0.15) is 5.82 Å². The third-order valence-corrected chi connectivity index (χ3v) is 1.29. The van der Waals surface area contributed by atoms with Gasteiger partial charge in [0, 0.05) is 12.4 Å². The zero-order chi connectivity index (χ0) is 6.69. The van der Waals surface area contributed by atoms with Crippen LogP contribution in [0.25, 0.3) is 0 Å². The molecule has 0 aliphatic rings. The Morgan fingerprint density at radius 1 is 1.44 bits per heavy atom. The van der Waals surface area contributed by atoms with Crippen LogP contribution in [-0.4, -0.2) is 9.97 Å². The number of rotatable bonds is 1. The van der Waals surface area contributed by atoms with E-state index in [1.165, 1.54) is 0 Å². The molecule has 0 saturated heterocycles. The first-order chi connectivity index (χ1) is 4.34. The zero-order valence-corrected chi connectivity index (χ0v) is 6.17. The fourth-order valence-corrected chi connectivity index (χ4v) is 0.796. The molecule has 1 radical (unpaired) electrons. The van der Waals surface area contributed by atoms with Gasteiger partial charge in [-0.3, -0.25) is 4.98 Å². The summed E-state index contributed by atoms with van der Waals surface area (Å²) in [5.74, 6) is 0.439. The van der Waals surface area contributed by atoms with E-state index in [4.69, 9.17) is 5.73 Å². The van der Waals surface area contributed by atoms with Crippen molar-refractivity contribution in [2.24, 2.45) is 0 Å². The number of nitrogens with zero attached hydrogens (tertiary/aromatic N) is 2. The zero-order valence-electron chi connectivity index (χ0n) is 4.58. The Bertz CT molecular complexity index is 201. The largest absolute Gasteiger partial charge is 0.382 e. The molecule has 0 fully saturated rings. The van der Waals surface area contributed by atoms with Crippen molar-refractivity contribution in [3.63, 3.8) is 0 Å². The van der Waals surface area contributed by atoms with E-state index >= 15 is 0 Å². The van der Waals surface area contributed by atoms with Gasteiger partial charge in [0.05, 0.1) is 11.0 Å². The second-order valence-electron chi connectivity index (χ2n) is 1.44. The summed E-state index contributed by atoms with van der Waals surface area (Å²) in [4.78, 5) is 7.71. The molecule has 0 unspecified atom stereocenters. The highest BCUT2D eigenvalue weighted by molar-refractivity contribution is 9.10. The third-order valence-electron chi connectivity index (χ3n) is 0.860. The van der Waals surface area contributed by atoms with Crippen molar-refractivity contribution in [1.82, 2.24) is 9.97 Å². The van der Waals surface area contributed by atoms with Gasteiger partial charge in [-0.05, 0) is 0 Å². The lowest BCUT2D eigenvalue weighted by Gasteiger charge is -1.94. The molecule has 3 nitrogen and oxygen atoms in total. The average Bonchev–Trinajstić information content (AvgIpc) is 1.89. The summed E-state index contributed by atoms with van der Waals surface area (Å²) in [6.07, 6.45) is 3.14. The van der Waals surface area contributed by atoms with Gasteiger partial charge in [0.15, 0.2) is 0 Å². The fourth-order valence-electron chi connectivity index (χ4n) is 0.444. The van der Waals surface area contributed by atoms with E-state index in [-0.39, 0.29) is 0 Å². The Morgan fingerprint density at radius 2 is 2.11 bits per heavy atom. The lowest BCUT2D eigenvalue weighted by molar-refractivity contribution is 1.17. The van der Waals surface area contributed by atoms with Gasteiger partial charge in [-0.1, -0.05) is 15.9 Å². The monoisotopic (exact) mass is 186 g/mol. The van der Waals surface area contributed by atoms with Gasteiger partial charge in [-0.15, -0.1) is 0 Å². The first-order valence-corrected chi connectivity index (χ1v) is 3.26. The Balaban J connectivity index is 3.01. The maximum atomic E-state index is 5.40. The van der Waals surface area contributed by atoms with Crippen LogP contribution in [-0.2, 0) is 0 Å². The van der Waals surface area contributed by atoms with Crippen LogP contribution in [0.4, 0.5) is 5.82 Å². The van der Waals surface area contributed by atoms with Gasteiger partial charge in [-0.2, -0.15) is 0 Å². The Labute approximate surface area is 61.4 Å². The van der Waals surface area contributed by atoms with E-state index in [1.54, 1.807) is 17.7 Å². The average molecular weight is 187 g/mol. The van der Waals surface area contributed by atoms with Crippen molar-refractivity contribution >= 4 is 21.7 Å². The minimum absolute atomic E-state index is 0.439. The van der Waals surface area contributed by atoms with Crippen LogP contribution in [0, 0.1) is 5.33 Å². The summed E-state index contributed by atoms with van der Waals surface area (Å²) >= 11 is 3.10. The number of aromatic nitrogens is 2. The minimum Gasteiger partial charge on any atom is -0.382 e. The van der Waals surface area contributed by atoms with Crippen LogP contribution in [0.2, 0.25) is 0 Å². The molecule has 0 atom stereocenters. The van der Waals surface area contributed by atoms with Crippen LogP contribution in [0.15, 0.2) is 12.4 Å². The Kier molecular flexibility index (Phi) is 2.00. The lowest BCUT2D eigenvalue weighted by atomic mass is 10.5. The molecule has 4 heteroatoms. The SMILES string of the molecule is Nc1nccnc1[CH]Br. The van der Waals surface area contributed by atoms with E-state index in [0.29, 0.717) is 11.5 Å².